The Hall–Kier alpha value is -3.91. The highest BCUT2D eigenvalue weighted by molar-refractivity contribution is 6.13. The third-order valence-corrected chi connectivity index (χ3v) is 5.26. The van der Waals surface area contributed by atoms with Crippen molar-refractivity contribution >= 4 is 17.3 Å². The van der Waals surface area contributed by atoms with E-state index >= 15 is 0 Å². The molecule has 1 aliphatic heterocycles. The number of nitrogens with one attached hydrogen (secondary N) is 1. The summed E-state index contributed by atoms with van der Waals surface area (Å²) >= 11 is 0. The van der Waals surface area contributed by atoms with Gasteiger partial charge in [-0.1, -0.05) is 18.2 Å². The average molecular weight is 422 g/mol. The number of amidine groups is 1. The maximum Gasteiger partial charge on any atom is 0.416 e. The molecule has 0 fully saturated rings. The molecule has 0 radical (unpaired) electrons. The monoisotopic (exact) mass is 422 g/mol. The third kappa shape index (κ3) is 3.93. The lowest BCUT2D eigenvalue weighted by atomic mass is 9.77. The van der Waals surface area contributed by atoms with E-state index in [1.165, 1.54) is 24.0 Å². The Kier molecular flexibility index (Phi) is 5.68. The van der Waals surface area contributed by atoms with Crippen LogP contribution < -0.4 is 4.90 Å². The summed E-state index contributed by atoms with van der Waals surface area (Å²) in [7, 11) is 0. The summed E-state index contributed by atoms with van der Waals surface area (Å²) in [5.41, 5.74) is 0.610. The first kappa shape index (κ1) is 21.8. The highest BCUT2D eigenvalue weighted by atomic mass is 19.4. The molecule has 31 heavy (non-hydrogen) atoms. The molecule has 156 valence electrons. The van der Waals surface area contributed by atoms with Crippen molar-refractivity contribution in [3.05, 3.63) is 88.0 Å². The van der Waals surface area contributed by atoms with Gasteiger partial charge in [0.15, 0.2) is 5.70 Å². The molecule has 0 bridgehead atoms. The number of halogens is 3. The van der Waals surface area contributed by atoms with Crippen LogP contribution in [0, 0.1) is 29.2 Å². The molecule has 0 saturated carbocycles. The van der Waals surface area contributed by atoms with Crippen LogP contribution in [0.4, 0.5) is 18.9 Å². The predicted molar refractivity (Wildman–Crippen MR) is 109 cm³/mol. The summed E-state index contributed by atoms with van der Waals surface area (Å²) in [4.78, 5) is 17.4. The smallest absolute Gasteiger partial charge is 0.313 e. The van der Waals surface area contributed by atoms with Crippen molar-refractivity contribution in [1.82, 2.24) is 0 Å². The van der Waals surface area contributed by atoms with E-state index in [-0.39, 0.29) is 28.7 Å². The molecular formula is C23H17F3N4O. The fourth-order valence-corrected chi connectivity index (χ4v) is 3.82. The van der Waals surface area contributed by atoms with Gasteiger partial charge in [-0.3, -0.25) is 10.2 Å². The van der Waals surface area contributed by atoms with Crippen LogP contribution in [-0.4, -0.2) is 11.6 Å². The van der Waals surface area contributed by atoms with Crippen LogP contribution in [0.5, 0.6) is 0 Å². The fourth-order valence-electron chi connectivity index (χ4n) is 3.82. The molecule has 1 aliphatic rings. The first-order valence-corrected chi connectivity index (χ1v) is 9.24. The SMILES string of the molecule is [C-]#[N+]C1=C(C)N(c2cccc(C(F)(F)F)c2)C(=N)C(C(C)=O)C1c1ccc(C#N)cc1. The van der Waals surface area contributed by atoms with E-state index < -0.39 is 23.6 Å². The molecule has 0 amide bonds. The highest BCUT2D eigenvalue weighted by Crippen LogP contribution is 2.44. The Balaban J connectivity index is 2.21. The number of nitrogens with zero attached hydrogens (tertiary/aromatic N) is 3. The van der Waals surface area contributed by atoms with E-state index in [1.807, 2.05) is 6.07 Å². The number of ketones is 1. The lowest BCUT2D eigenvalue weighted by Crippen LogP contribution is -2.45. The molecule has 1 heterocycles. The van der Waals surface area contributed by atoms with Crippen molar-refractivity contribution in [3.8, 4) is 6.07 Å². The van der Waals surface area contributed by atoms with Gasteiger partial charge in [-0.2, -0.15) is 18.4 Å². The molecule has 0 spiro atoms. The molecule has 2 unspecified atom stereocenters. The zero-order chi connectivity index (χ0) is 22.9. The molecule has 0 aromatic heterocycles. The summed E-state index contributed by atoms with van der Waals surface area (Å²) in [6.45, 7) is 10.5. The molecule has 8 heteroatoms. The number of benzene rings is 2. The number of nitriles is 1. The van der Waals surface area contributed by atoms with Crippen LogP contribution in [0.25, 0.3) is 4.85 Å². The summed E-state index contributed by atoms with van der Waals surface area (Å²) in [5, 5.41) is 17.7. The molecule has 0 aliphatic carbocycles. The number of anilines is 1. The van der Waals surface area contributed by atoms with Gasteiger partial charge in [-0.15, -0.1) is 0 Å². The maximum atomic E-state index is 13.2. The van der Waals surface area contributed by atoms with E-state index in [9.17, 15) is 18.0 Å². The Morgan fingerprint density at radius 1 is 1.23 bits per heavy atom. The van der Waals surface area contributed by atoms with Crippen molar-refractivity contribution in [1.29, 1.82) is 10.7 Å². The van der Waals surface area contributed by atoms with E-state index in [0.717, 1.165) is 12.1 Å². The number of rotatable bonds is 3. The number of allylic oxidation sites excluding steroid dienone is 2. The van der Waals surface area contributed by atoms with Gasteiger partial charge in [0.2, 0.25) is 0 Å². The van der Waals surface area contributed by atoms with Crippen LogP contribution in [0.1, 0.15) is 36.5 Å². The van der Waals surface area contributed by atoms with Gasteiger partial charge in [0.05, 0.1) is 29.7 Å². The van der Waals surface area contributed by atoms with Gasteiger partial charge in [-0.25, -0.2) is 4.85 Å². The number of alkyl halides is 3. The van der Waals surface area contributed by atoms with E-state index in [1.54, 1.807) is 31.2 Å². The second-order valence-electron chi connectivity index (χ2n) is 7.15. The van der Waals surface area contributed by atoms with Gasteiger partial charge in [-0.05, 0) is 49.7 Å². The Labute approximate surface area is 177 Å². The minimum Gasteiger partial charge on any atom is -0.313 e. The summed E-state index contributed by atoms with van der Waals surface area (Å²) in [6, 6.07) is 12.8. The summed E-state index contributed by atoms with van der Waals surface area (Å²) in [5.74, 6) is -2.41. The van der Waals surface area contributed by atoms with Crippen LogP contribution in [0.15, 0.2) is 59.9 Å². The van der Waals surface area contributed by atoms with Crippen LogP contribution in [0.3, 0.4) is 0 Å². The average Bonchev–Trinajstić information content (AvgIpc) is 2.73. The number of carbonyl (C=O) groups is 1. The predicted octanol–water partition coefficient (Wildman–Crippen LogP) is 5.51. The summed E-state index contributed by atoms with van der Waals surface area (Å²) < 4.78 is 39.6. The molecule has 5 nitrogen and oxygen atoms in total. The zero-order valence-electron chi connectivity index (χ0n) is 16.7. The Morgan fingerprint density at radius 2 is 1.87 bits per heavy atom. The zero-order valence-corrected chi connectivity index (χ0v) is 16.7. The van der Waals surface area contributed by atoms with E-state index in [2.05, 4.69) is 4.85 Å². The van der Waals surface area contributed by atoms with Gasteiger partial charge < -0.3 is 4.90 Å². The van der Waals surface area contributed by atoms with Gasteiger partial charge in [0.1, 0.15) is 11.6 Å². The topological polar surface area (TPSA) is 72.3 Å². The molecule has 2 atom stereocenters. The van der Waals surface area contributed by atoms with Gasteiger partial charge in [0, 0.05) is 17.3 Å². The molecule has 2 aromatic rings. The number of carbonyl (C=O) groups excluding carboxylic acids is 1. The lowest BCUT2D eigenvalue weighted by molar-refractivity contribution is -0.137. The van der Waals surface area contributed by atoms with Gasteiger partial charge >= 0.3 is 6.18 Å². The molecule has 2 aromatic carbocycles. The largest absolute Gasteiger partial charge is 0.416 e. The minimum absolute atomic E-state index is 0.0583. The molecule has 3 rings (SSSR count). The van der Waals surface area contributed by atoms with E-state index in [4.69, 9.17) is 17.2 Å². The lowest BCUT2D eigenvalue weighted by Gasteiger charge is -2.40. The molecule has 0 saturated heterocycles. The van der Waals surface area contributed by atoms with Crippen molar-refractivity contribution in [3.63, 3.8) is 0 Å². The molecule has 1 N–H and O–H groups in total. The van der Waals surface area contributed by atoms with Crippen LogP contribution in [0.2, 0.25) is 0 Å². The normalized spacial score (nSPS) is 19.1. The standard InChI is InChI=1S/C23H17F3N4O/c1-13-21(29-3)20(16-9-7-15(12-27)8-10-16)19(14(2)31)22(28)30(13)18-6-4-5-17(11-18)23(24,25)26/h4-11,19-20,28H,1-2H3. The number of hydrogen-bond donors (Lipinski definition) is 1. The van der Waals surface area contributed by atoms with Crippen molar-refractivity contribution < 1.29 is 18.0 Å². The van der Waals surface area contributed by atoms with Gasteiger partial charge in [0.25, 0.3) is 0 Å². The van der Waals surface area contributed by atoms with Crippen molar-refractivity contribution in [2.75, 3.05) is 4.90 Å². The summed E-state index contributed by atoms with van der Waals surface area (Å²) in [6.07, 6.45) is -4.57. The quantitative estimate of drug-likeness (QED) is 0.663. The fraction of sp³-hybridized carbons (Fsp3) is 0.217. The van der Waals surface area contributed by atoms with E-state index in [0.29, 0.717) is 11.1 Å². The molecular weight excluding hydrogens is 405 g/mol. The van der Waals surface area contributed by atoms with Crippen LogP contribution in [-0.2, 0) is 11.0 Å². The van der Waals surface area contributed by atoms with Crippen LogP contribution >= 0.6 is 0 Å². The Morgan fingerprint density at radius 3 is 2.39 bits per heavy atom. The third-order valence-electron chi connectivity index (χ3n) is 5.26. The van der Waals surface area contributed by atoms with Crippen molar-refractivity contribution in [2.45, 2.75) is 25.9 Å². The second-order valence-corrected chi connectivity index (χ2v) is 7.15. The van der Waals surface area contributed by atoms with Crippen molar-refractivity contribution in [2.24, 2.45) is 5.92 Å². The Bertz CT molecular complexity index is 1170. The maximum absolute atomic E-state index is 13.2. The second kappa shape index (κ2) is 8.08. The first-order valence-electron chi connectivity index (χ1n) is 9.24. The number of Topliss-reactive ketones (excluding diaryl/α,β-unsaturated/α-hetero) is 1. The minimum atomic E-state index is -4.57. The first-order chi connectivity index (χ1) is 14.6. The number of hydrogen-bond acceptors (Lipinski definition) is 3. The highest BCUT2D eigenvalue weighted by Gasteiger charge is 2.43.